The van der Waals surface area contributed by atoms with Crippen LogP contribution in [0.1, 0.15) is 16.7 Å². The molecule has 0 fully saturated rings. The second-order valence-corrected chi connectivity index (χ2v) is 5.30. The number of nitrogens with zero attached hydrogens (tertiary/aromatic N) is 2. The summed E-state index contributed by atoms with van der Waals surface area (Å²) in [5.74, 6) is -0.259. The molecule has 2 aromatic carbocycles. The van der Waals surface area contributed by atoms with Gasteiger partial charge in [0.15, 0.2) is 0 Å². The molecule has 2 N–H and O–H groups in total. The van der Waals surface area contributed by atoms with Crippen molar-refractivity contribution in [1.82, 2.24) is 15.1 Å². The summed E-state index contributed by atoms with van der Waals surface area (Å²) >= 11 is 0. The first-order valence-electron chi connectivity index (χ1n) is 7.44. The summed E-state index contributed by atoms with van der Waals surface area (Å²) in [5.41, 5.74) is 3.88. The van der Waals surface area contributed by atoms with E-state index in [4.69, 9.17) is 0 Å². The third-order valence-electron chi connectivity index (χ3n) is 3.66. The molecule has 0 atom stereocenters. The molecule has 4 nitrogen and oxygen atoms in total. The highest BCUT2D eigenvalue weighted by Crippen LogP contribution is 2.11. The minimum absolute atomic E-state index is 0.0420. The van der Waals surface area contributed by atoms with Crippen molar-refractivity contribution in [2.24, 2.45) is 0 Å². The van der Waals surface area contributed by atoms with Crippen LogP contribution in [0.2, 0.25) is 0 Å². The van der Waals surface area contributed by atoms with Gasteiger partial charge in [0.05, 0.1) is 18.5 Å². The number of hydrogen-bond acceptors (Lipinski definition) is 3. The predicted molar refractivity (Wildman–Crippen MR) is 86.4 cm³/mol. The molecule has 1 aromatic heterocycles. The minimum Gasteiger partial charge on any atom is -0.392 e. The fraction of sp³-hybridized carbons (Fsp3) is 0.167. The largest absolute Gasteiger partial charge is 0.392 e. The molecule has 3 aromatic rings. The highest BCUT2D eigenvalue weighted by atomic mass is 19.1. The van der Waals surface area contributed by atoms with E-state index in [1.165, 1.54) is 12.1 Å². The van der Waals surface area contributed by atoms with Crippen LogP contribution >= 0.6 is 0 Å². The van der Waals surface area contributed by atoms with Gasteiger partial charge in [-0.05, 0) is 35.4 Å². The monoisotopic (exact) mass is 311 g/mol. The van der Waals surface area contributed by atoms with Crippen molar-refractivity contribution >= 4 is 0 Å². The first-order valence-corrected chi connectivity index (χ1v) is 7.44. The van der Waals surface area contributed by atoms with Crippen LogP contribution in [-0.2, 0) is 19.7 Å². The summed E-state index contributed by atoms with van der Waals surface area (Å²) in [6.07, 6.45) is 3.70. The summed E-state index contributed by atoms with van der Waals surface area (Å²) in [7, 11) is 0. The zero-order valence-electron chi connectivity index (χ0n) is 12.6. The lowest BCUT2D eigenvalue weighted by atomic mass is 10.1. The van der Waals surface area contributed by atoms with Gasteiger partial charge in [0.1, 0.15) is 5.82 Å². The summed E-state index contributed by atoms with van der Waals surface area (Å²) < 4.78 is 14.7. The molecule has 5 heteroatoms. The molecule has 0 radical (unpaired) electrons. The molecule has 0 saturated heterocycles. The number of hydrogen-bond donors (Lipinski definition) is 2. The van der Waals surface area contributed by atoms with Crippen LogP contribution in [0.4, 0.5) is 4.39 Å². The van der Waals surface area contributed by atoms with Crippen molar-refractivity contribution in [2.45, 2.75) is 19.7 Å². The van der Waals surface area contributed by atoms with Gasteiger partial charge in [-0.3, -0.25) is 0 Å². The van der Waals surface area contributed by atoms with E-state index in [0.717, 1.165) is 22.4 Å². The van der Waals surface area contributed by atoms with Crippen LogP contribution in [0.5, 0.6) is 0 Å². The summed E-state index contributed by atoms with van der Waals surface area (Å²) in [6, 6.07) is 14.0. The van der Waals surface area contributed by atoms with Crippen molar-refractivity contribution in [3.63, 3.8) is 0 Å². The molecule has 0 saturated carbocycles. The van der Waals surface area contributed by atoms with E-state index in [-0.39, 0.29) is 12.4 Å². The van der Waals surface area contributed by atoms with E-state index >= 15 is 0 Å². The van der Waals surface area contributed by atoms with Gasteiger partial charge in [0.2, 0.25) is 0 Å². The van der Waals surface area contributed by atoms with Crippen LogP contribution in [0.25, 0.3) is 5.69 Å². The zero-order valence-corrected chi connectivity index (χ0v) is 12.6. The van der Waals surface area contributed by atoms with Crippen molar-refractivity contribution < 1.29 is 9.50 Å². The van der Waals surface area contributed by atoms with Crippen LogP contribution in [-0.4, -0.2) is 14.9 Å². The topological polar surface area (TPSA) is 50.1 Å². The molecule has 1 heterocycles. The Labute approximate surface area is 134 Å². The van der Waals surface area contributed by atoms with Crippen LogP contribution in [0.15, 0.2) is 60.9 Å². The molecule has 0 spiro atoms. The van der Waals surface area contributed by atoms with Crippen LogP contribution in [0, 0.1) is 5.82 Å². The van der Waals surface area contributed by atoms with Crippen molar-refractivity contribution in [3.8, 4) is 5.69 Å². The quantitative estimate of drug-likeness (QED) is 0.736. The maximum Gasteiger partial charge on any atom is 0.123 e. The van der Waals surface area contributed by atoms with Crippen molar-refractivity contribution in [3.05, 3.63) is 83.4 Å². The van der Waals surface area contributed by atoms with E-state index < -0.39 is 0 Å². The average molecular weight is 311 g/mol. The first kappa shape index (κ1) is 15.4. The Morgan fingerprint density at radius 2 is 1.74 bits per heavy atom. The second kappa shape index (κ2) is 7.17. The van der Waals surface area contributed by atoms with Crippen LogP contribution in [0.3, 0.4) is 0 Å². The lowest BCUT2D eigenvalue weighted by Crippen LogP contribution is -2.13. The molecule has 0 aliphatic rings. The van der Waals surface area contributed by atoms with Gasteiger partial charge in [-0.15, -0.1) is 0 Å². The molecule has 0 aliphatic carbocycles. The molecular formula is C18H18FN3O. The number of aliphatic hydroxyl groups is 1. The van der Waals surface area contributed by atoms with E-state index in [1.54, 1.807) is 23.0 Å². The predicted octanol–water partition coefficient (Wildman–Crippen LogP) is 2.79. The molecule has 0 unspecified atom stereocenters. The summed E-state index contributed by atoms with van der Waals surface area (Å²) in [4.78, 5) is 0. The van der Waals surface area contributed by atoms with Crippen molar-refractivity contribution in [1.29, 1.82) is 0 Å². The molecular weight excluding hydrogens is 293 g/mol. The minimum atomic E-state index is -0.259. The van der Waals surface area contributed by atoms with Gasteiger partial charge < -0.3 is 10.4 Å². The molecule has 118 valence electrons. The molecule has 0 aliphatic heterocycles. The van der Waals surface area contributed by atoms with E-state index in [1.807, 2.05) is 30.5 Å². The number of aliphatic hydroxyl groups excluding tert-OH is 1. The average Bonchev–Trinajstić information content (AvgIpc) is 3.05. The number of rotatable bonds is 6. The Hall–Kier alpha value is -2.50. The Morgan fingerprint density at radius 1 is 1.00 bits per heavy atom. The maximum atomic E-state index is 12.9. The molecule has 23 heavy (non-hydrogen) atoms. The molecule has 3 rings (SSSR count). The fourth-order valence-corrected chi connectivity index (χ4v) is 2.41. The van der Waals surface area contributed by atoms with Gasteiger partial charge in [-0.25, -0.2) is 9.07 Å². The Balaban J connectivity index is 1.60. The summed E-state index contributed by atoms with van der Waals surface area (Å²) in [5, 5.41) is 16.9. The maximum absolute atomic E-state index is 12.9. The highest BCUT2D eigenvalue weighted by Gasteiger charge is 2.03. The smallest absolute Gasteiger partial charge is 0.123 e. The number of aromatic nitrogens is 2. The molecule has 0 bridgehead atoms. The Bertz CT molecular complexity index is 768. The lowest BCUT2D eigenvalue weighted by molar-refractivity contribution is 0.280. The normalized spacial score (nSPS) is 10.9. The zero-order chi connectivity index (χ0) is 16.1. The fourth-order valence-electron chi connectivity index (χ4n) is 2.41. The van der Waals surface area contributed by atoms with E-state index in [9.17, 15) is 9.50 Å². The van der Waals surface area contributed by atoms with Gasteiger partial charge in [-0.2, -0.15) is 5.10 Å². The third kappa shape index (κ3) is 3.83. The highest BCUT2D eigenvalue weighted by molar-refractivity contribution is 5.31. The summed E-state index contributed by atoms with van der Waals surface area (Å²) in [6.45, 7) is 1.39. The standard InChI is InChI=1S/C18H18FN3O/c19-17-5-7-18(8-6-17)22-12-14(10-21-22)9-20-11-15-3-1-2-4-16(15)13-23/h1-8,10,12,20,23H,9,11,13H2. The van der Waals surface area contributed by atoms with Crippen LogP contribution < -0.4 is 5.32 Å². The van der Waals surface area contributed by atoms with E-state index in [2.05, 4.69) is 10.4 Å². The van der Waals surface area contributed by atoms with Gasteiger partial charge in [0.25, 0.3) is 0 Å². The first-order chi connectivity index (χ1) is 11.3. The third-order valence-corrected chi connectivity index (χ3v) is 3.66. The lowest BCUT2D eigenvalue weighted by Gasteiger charge is -2.07. The molecule has 0 amide bonds. The van der Waals surface area contributed by atoms with Gasteiger partial charge in [-0.1, -0.05) is 24.3 Å². The number of nitrogens with one attached hydrogen (secondary N) is 1. The van der Waals surface area contributed by atoms with E-state index in [0.29, 0.717) is 13.1 Å². The number of halogens is 1. The Morgan fingerprint density at radius 3 is 2.48 bits per heavy atom. The van der Waals surface area contributed by atoms with Gasteiger partial charge >= 0.3 is 0 Å². The number of benzene rings is 2. The Kier molecular flexibility index (Phi) is 4.80. The van der Waals surface area contributed by atoms with Gasteiger partial charge in [0, 0.05) is 24.8 Å². The van der Waals surface area contributed by atoms with Crippen molar-refractivity contribution in [2.75, 3.05) is 0 Å². The second-order valence-electron chi connectivity index (χ2n) is 5.30. The SMILES string of the molecule is OCc1ccccc1CNCc1cnn(-c2ccc(F)cc2)c1.